The maximum atomic E-state index is 12.0. The molecule has 1 aromatic rings. The van der Waals surface area contributed by atoms with Crippen molar-refractivity contribution in [3.63, 3.8) is 0 Å². The molecule has 0 bridgehead atoms. The molecule has 2 rings (SSSR count). The lowest BCUT2D eigenvalue weighted by Crippen LogP contribution is -2.32. The first kappa shape index (κ1) is 11.6. The zero-order valence-electron chi connectivity index (χ0n) is 8.64. The Hall–Kier alpha value is -0.900. The molecule has 1 aliphatic carbocycles. The summed E-state index contributed by atoms with van der Waals surface area (Å²) in [6, 6.07) is 3.47. The average Bonchev–Trinajstić information content (AvgIpc) is 2.85. The Morgan fingerprint density at radius 2 is 2.12 bits per heavy atom. The van der Waals surface area contributed by atoms with Gasteiger partial charge in [-0.25, -0.2) is 13.1 Å². The molecule has 1 fully saturated rings. The van der Waals surface area contributed by atoms with Crippen LogP contribution < -0.4 is 4.72 Å². The van der Waals surface area contributed by atoms with Gasteiger partial charge in [0.15, 0.2) is 4.21 Å². The van der Waals surface area contributed by atoms with E-state index < -0.39 is 10.0 Å². The van der Waals surface area contributed by atoms with Gasteiger partial charge in [-0.15, -0.1) is 11.3 Å². The Bertz CT molecular complexity index is 507. The lowest BCUT2D eigenvalue weighted by atomic mass is 10.3. The second-order valence-corrected chi connectivity index (χ2v) is 6.66. The Balaban J connectivity index is 2.22. The average molecular weight is 256 g/mol. The lowest BCUT2D eigenvalue weighted by Gasteiger charge is -2.11. The molecular weight excluding hydrogens is 244 g/mol. The van der Waals surface area contributed by atoms with E-state index in [-0.39, 0.29) is 15.8 Å². The number of nitrogens with zero attached hydrogens (tertiary/aromatic N) is 1. The number of thiophene rings is 1. The van der Waals surface area contributed by atoms with Crippen LogP contribution in [0, 0.1) is 11.3 Å². The zero-order chi connectivity index (χ0) is 11.6. The van der Waals surface area contributed by atoms with Crippen LogP contribution in [-0.4, -0.2) is 14.5 Å². The van der Waals surface area contributed by atoms with Gasteiger partial charge in [0.05, 0.1) is 5.56 Å². The first-order valence-electron chi connectivity index (χ1n) is 5.13. The predicted octanol–water partition coefficient (Wildman–Crippen LogP) is 1.84. The maximum Gasteiger partial charge on any atom is 0.251 e. The number of nitriles is 1. The Morgan fingerprint density at radius 1 is 1.44 bits per heavy atom. The largest absolute Gasteiger partial charge is 0.251 e. The molecule has 1 saturated carbocycles. The van der Waals surface area contributed by atoms with Crippen LogP contribution in [0.4, 0.5) is 0 Å². The first-order valence-corrected chi connectivity index (χ1v) is 7.50. The van der Waals surface area contributed by atoms with E-state index in [1.54, 1.807) is 5.38 Å². The lowest BCUT2D eigenvalue weighted by molar-refractivity contribution is 0.554. The molecule has 86 valence electrons. The number of rotatable bonds is 3. The molecule has 0 spiro atoms. The summed E-state index contributed by atoms with van der Waals surface area (Å²) < 4.78 is 26.8. The van der Waals surface area contributed by atoms with Crippen molar-refractivity contribution in [3.05, 3.63) is 17.0 Å². The van der Waals surface area contributed by atoms with Crippen molar-refractivity contribution >= 4 is 21.4 Å². The molecule has 0 aromatic carbocycles. The van der Waals surface area contributed by atoms with E-state index in [0.717, 1.165) is 37.0 Å². The number of hydrogen-bond donors (Lipinski definition) is 1. The third kappa shape index (κ3) is 2.26. The van der Waals surface area contributed by atoms with Gasteiger partial charge in [-0.1, -0.05) is 12.8 Å². The van der Waals surface area contributed by atoms with Crippen LogP contribution in [0.15, 0.2) is 15.7 Å². The second kappa shape index (κ2) is 4.53. The van der Waals surface area contributed by atoms with Gasteiger partial charge < -0.3 is 0 Å². The van der Waals surface area contributed by atoms with Gasteiger partial charge in [-0.3, -0.25) is 0 Å². The molecule has 0 amide bonds. The summed E-state index contributed by atoms with van der Waals surface area (Å²) in [4.78, 5) is 0. The van der Waals surface area contributed by atoms with Crippen molar-refractivity contribution in [2.45, 2.75) is 35.9 Å². The van der Waals surface area contributed by atoms with Crippen LogP contribution in [0.25, 0.3) is 0 Å². The molecule has 16 heavy (non-hydrogen) atoms. The van der Waals surface area contributed by atoms with Crippen molar-refractivity contribution in [1.29, 1.82) is 5.26 Å². The Morgan fingerprint density at radius 3 is 2.75 bits per heavy atom. The van der Waals surface area contributed by atoms with Gasteiger partial charge in [-0.05, 0) is 24.3 Å². The number of nitrogens with one attached hydrogen (secondary N) is 1. The van der Waals surface area contributed by atoms with Gasteiger partial charge in [0.25, 0.3) is 10.0 Å². The van der Waals surface area contributed by atoms with E-state index in [1.807, 2.05) is 6.07 Å². The van der Waals surface area contributed by atoms with Crippen molar-refractivity contribution in [2.75, 3.05) is 0 Å². The highest BCUT2D eigenvalue weighted by Gasteiger charge is 2.25. The van der Waals surface area contributed by atoms with E-state index in [1.165, 1.54) is 6.07 Å². The minimum Gasteiger partial charge on any atom is -0.207 e. The van der Waals surface area contributed by atoms with Gasteiger partial charge in [-0.2, -0.15) is 5.26 Å². The molecule has 1 aliphatic rings. The summed E-state index contributed by atoms with van der Waals surface area (Å²) in [5.74, 6) is 0. The molecule has 0 radical (unpaired) electrons. The fourth-order valence-corrected chi connectivity index (χ4v) is 4.47. The van der Waals surface area contributed by atoms with E-state index in [9.17, 15) is 8.42 Å². The highest BCUT2D eigenvalue weighted by molar-refractivity contribution is 7.91. The normalized spacial score (nSPS) is 17.4. The summed E-state index contributed by atoms with van der Waals surface area (Å²) in [6.07, 6.45) is 3.93. The van der Waals surface area contributed by atoms with Crippen LogP contribution in [-0.2, 0) is 10.0 Å². The van der Waals surface area contributed by atoms with Crippen molar-refractivity contribution in [1.82, 2.24) is 4.72 Å². The SMILES string of the molecule is N#Cc1ccsc1S(=O)(=O)NC1CCCC1. The zero-order valence-corrected chi connectivity index (χ0v) is 10.3. The fraction of sp³-hybridized carbons (Fsp3) is 0.500. The fourth-order valence-electron chi connectivity index (χ4n) is 1.90. The highest BCUT2D eigenvalue weighted by atomic mass is 32.2. The first-order chi connectivity index (χ1) is 7.63. The van der Waals surface area contributed by atoms with Crippen molar-refractivity contribution in [2.24, 2.45) is 0 Å². The van der Waals surface area contributed by atoms with Gasteiger partial charge in [0.2, 0.25) is 0 Å². The van der Waals surface area contributed by atoms with E-state index in [4.69, 9.17) is 5.26 Å². The maximum absolute atomic E-state index is 12.0. The van der Waals surface area contributed by atoms with Crippen LogP contribution in [0.2, 0.25) is 0 Å². The molecule has 6 heteroatoms. The molecule has 1 aromatic heterocycles. The molecule has 0 saturated heterocycles. The second-order valence-electron chi connectivity index (χ2n) is 3.84. The van der Waals surface area contributed by atoms with E-state index in [0.29, 0.717) is 0 Å². The minimum atomic E-state index is -3.50. The molecule has 1 N–H and O–H groups in total. The molecule has 0 unspecified atom stereocenters. The van der Waals surface area contributed by atoms with E-state index in [2.05, 4.69) is 4.72 Å². The smallest absolute Gasteiger partial charge is 0.207 e. The third-order valence-corrected chi connectivity index (χ3v) is 5.68. The van der Waals surface area contributed by atoms with Gasteiger partial charge in [0, 0.05) is 6.04 Å². The molecule has 1 heterocycles. The summed E-state index contributed by atoms with van der Waals surface area (Å²) in [6.45, 7) is 0. The van der Waals surface area contributed by atoms with Crippen LogP contribution in [0.5, 0.6) is 0 Å². The summed E-state index contributed by atoms with van der Waals surface area (Å²) in [5, 5.41) is 10.4. The number of sulfonamides is 1. The summed E-state index contributed by atoms with van der Waals surface area (Å²) >= 11 is 1.09. The van der Waals surface area contributed by atoms with Crippen LogP contribution in [0.1, 0.15) is 31.2 Å². The third-order valence-electron chi connectivity index (χ3n) is 2.67. The number of hydrogen-bond acceptors (Lipinski definition) is 4. The molecule has 0 atom stereocenters. The topological polar surface area (TPSA) is 70.0 Å². The van der Waals surface area contributed by atoms with E-state index >= 15 is 0 Å². The van der Waals surface area contributed by atoms with Crippen LogP contribution >= 0.6 is 11.3 Å². The van der Waals surface area contributed by atoms with Crippen molar-refractivity contribution in [3.8, 4) is 6.07 Å². The quantitative estimate of drug-likeness (QED) is 0.897. The summed E-state index contributed by atoms with van der Waals surface area (Å²) in [5.41, 5.74) is 0.232. The predicted molar refractivity (Wildman–Crippen MR) is 61.6 cm³/mol. The standard InChI is InChI=1S/C10H12N2O2S2/c11-7-8-5-6-15-10(8)16(13,14)12-9-3-1-2-4-9/h5-6,9,12H,1-4H2. The van der Waals surface area contributed by atoms with Gasteiger partial charge in [0.1, 0.15) is 6.07 Å². The van der Waals surface area contributed by atoms with Crippen molar-refractivity contribution < 1.29 is 8.42 Å². The minimum absolute atomic E-state index is 0.0404. The van der Waals surface area contributed by atoms with Gasteiger partial charge >= 0.3 is 0 Å². The Kier molecular flexibility index (Phi) is 3.28. The Labute approximate surface area is 99.0 Å². The molecule has 4 nitrogen and oxygen atoms in total. The van der Waals surface area contributed by atoms with Crippen LogP contribution in [0.3, 0.4) is 0 Å². The highest BCUT2D eigenvalue weighted by Crippen LogP contribution is 2.25. The monoisotopic (exact) mass is 256 g/mol. The molecular formula is C10H12N2O2S2. The summed E-state index contributed by atoms with van der Waals surface area (Å²) in [7, 11) is -3.50. The molecule has 0 aliphatic heterocycles.